The third-order valence-corrected chi connectivity index (χ3v) is 3.11. The number of nitrogens with zero attached hydrogens (tertiary/aromatic N) is 3. The first-order valence-electron chi connectivity index (χ1n) is 6.33. The normalized spacial score (nSPS) is 10.6. The quantitative estimate of drug-likeness (QED) is 0.736. The SMILES string of the molecule is COc1ccccc1-c1nc(-c2ccc(=O)n(C)c2)no1. The Kier molecular flexibility index (Phi) is 3.27. The summed E-state index contributed by atoms with van der Waals surface area (Å²) in [6, 6.07) is 10.5. The van der Waals surface area contributed by atoms with E-state index in [1.165, 1.54) is 10.6 Å². The predicted molar refractivity (Wildman–Crippen MR) is 77.0 cm³/mol. The summed E-state index contributed by atoms with van der Waals surface area (Å²) in [5.74, 6) is 1.45. The van der Waals surface area contributed by atoms with Gasteiger partial charge in [0.15, 0.2) is 0 Å². The minimum absolute atomic E-state index is 0.0906. The van der Waals surface area contributed by atoms with Crippen molar-refractivity contribution in [3.8, 4) is 28.6 Å². The van der Waals surface area contributed by atoms with Crippen molar-refractivity contribution in [2.45, 2.75) is 0 Å². The Labute approximate surface area is 120 Å². The molecule has 1 aromatic carbocycles. The summed E-state index contributed by atoms with van der Waals surface area (Å²) in [6.45, 7) is 0. The van der Waals surface area contributed by atoms with Crippen LogP contribution in [0.15, 0.2) is 51.9 Å². The first-order chi connectivity index (χ1) is 10.2. The number of methoxy groups -OCH3 is 1. The molecule has 3 rings (SSSR count). The molecule has 6 heteroatoms. The molecule has 21 heavy (non-hydrogen) atoms. The molecule has 2 heterocycles. The Morgan fingerprint density at radius 2 is 2.00 bits per heavy atom. The van der Waals surface area contributed by atoms with Crippen LogP contribution in [0.4, 0.5) is 0 Å². The van der Waals surface area contributed by atoms with Gasteiger partial charge in [-0.1, -0.05) is 17.3 Å². The topological polar surface area (TPSA) is 70.2 Å². The molecule has 0 aliphatic carbocycles. The summed E-state index contributed by atoms with van der Waals surface area (Å²) in [5, 5.41) is 3.95. The summed E-state index contributed by atoms with van der Waals surface area (Å²) < 4.78 is 12.0. The minimum Gasteiger partial charge on any atom is -0.496 e. The monoisotopic (exact) mass is 283 g/mol. The number of aromatic nitrogens is 3. The molecule has 0 amide bonds. The first kappa shape index (κ1) is 13.1. The van der Waals surface area contributed by atoms with Gasteiger partial charge in [0.1, 0.15) is 5.75 Å². The van der Waals surface area contributed by atoms with Gasteiger partial charge < -0.3 is 13.8 Å². The second-order valence-corrected chi connectivity index (χ2v) is 4.49. The zero-order valence-electron chi connectivity index (χ0n) is 11.6. The van der Waals surface area contributed by atoms with E-state index in [0.29, 0.717) is 23.0 Å². The Morgan fingerprint density at radius 3 is 2.76 bits per heavy atom. The zero-order valence-corrected chi connectivity index (χ0v) is 11.6. The standard InChI is InChI=1S/C15H13N3O3/c1-18-9-10(7-8-13(18)19)14-16-15(21-17-14)11-5-3-4-6-12(11)20-2/h3-9H,1-2H3. The van der Waals surface area contributed by atoms with Crippen LogP contribution in [0.1, 0.15) is 0 Å². The number of benzene rings is 1. The molecule has 0 unspecified atom stereocenters. The summed E-state index contributed by atoms with van der Waals surface area (Å²) in [7, 11) is 3.26. The Hall–Kier alpha value is -2.89. The molecule has 0 aliphatic heterocycles. The van der Waals surface area contributed by atoms with E-state index in [1.807, 2.05) is 24.3 Å². The molecule has 2 aromatic heterocycles. The molecule has 0 N–H and O–H groups in total. The number of pyridine rings is 1. The highest BCUT2D eigenvalue weighted by Gasteiger charge is 2.14. The highest BCUT2D eigenvalue weighted by Crippen LogP contribution is 2.29. The molecule has 3 aromatic rings. The largest absolute Gasteiger partial charge is 0.496 e. The van der Waals surface area contributed by atoms with Crippen LogP contribution in [-0.2, 0) is 7.05 Å². The van der Waals surface area contributed by atoms with Gasteiger partial charge in [-0.3, -0.25) is 4.79 Å². The Bertz CT molecular complexity index is 836. The number of hydrogen-bond donors (Lipinski definition) is 0. The van der Waals surface area contributed by atoms with Crippen molar-refractivity contribution in [1.82, 2.24) is 14.7 Å². The van der Waals surface area contributed by atoms with Gasteiger partial charge in [-0.25, -0.2) is 0 Å². The molecule has 0 saturated heterocycles. The fourth-order valence-electron chi connectivity index (χ4n) is 2.00. The number of ether oxygens (including phenoxy) is 1. The highest BCUT2D eigenvalue weighted by atomic mass is 16.5. The van der Waals surface area contributed by atoms with Gasteiger partial charge >= 0.3 is 0 Å². The molecule has 0 atom stereocenters. The van der Waals surface area contributed by atoms with Crippen LogP contribution in [0.25, 0.3) is 22.8 Å². The molecule has 0 aliphatic rings. The molecule has 106 valence electrons. The van der Waals surface area contributed by atoms with Gasteiger partial charge in [-0.15, -0.1) is 0 Å². The Morgan fingerprint density at radius 1 is 1.19 bits per heavy atom. The second kappa shape index (κ2) is 5.24. The van der Waals surface area contributed by atoms with Crippen LogP contribution >= 0.6 is 0 Å². The maximum atomic E-state index is 11.4. The van der Waals surface area contributed by atoms with Crippen LogP contribution < -0.4 is 10.3 Å². The van der Waals surface area contributed by atoms with Gasteiger partial charge in [0, 0.05) is 24.9 Å². The predicted octanol–water partition coefficient (Wildman–Crippen LogP) is 2.11. The van der Waals surface area contributed by atoms with E-state index >= 15 is 0 Å². The summed E-state index contributed by atoms with van der Waals surface area (Å²) >= 11 is 0. The van der Waals surface area contributed by atoms with E-state index < -0.39 is 0 Å². The molecule has 0 radical (unpaired) electrons. The fourth-order valence-corrected chi connectivity index (χ4v) is 2.00. The van der Waals surface area contributed by atoms with Gasteiger partial charge in [0.2, 0.25) is 11.4 Å². The lowest BCUT2D eigenvalue weighted by atomic mass is 10.2. The average molecular weight is 283 g/mol. The molecular formula is C15H13N3O3. The van der Waals surface area contributed by atoms with Crippen molar-refractivity contribution in [1.29, 1.82) is 0 Å². The molecule has 0 bridgehead atoms. The summed E-state index contributed by atoms with van der Waals surface area (Å²) in [6.07, 6.45) is 1.67. The second-order valence-electron chi connectivity index (χ2n) is 4.49. The van der Waals surface area contributed by atoms with Crippen LogP contribution in [-0.4, -0.2) is 21.8 Å². The summed E-state index contributed by atoms with van der Waals surface area (Å²) in [4.78, 5) is 15.8. The van der Waals surface area contributed by atoms with Crippen molar-refractivity contribution in [2.24, 2.45) is 7.05 Å². The number of aryl methyl sites for hydroxylation is 1. The van der Waals surface area contributed by atoms with Crippen molar-refractivity contribution in [2.75, 3.05) is 7.11 Å². The third-order valence-electron chi connectivity index (χ3n) is 3.11. The van der Waals surface area contributed by atoms with Gasteiger partial charge in [0.25, 0.3) is 5.89 Å². The van der Waals surface area contributed by atoms with E-state index in [0.717, 1.165) is 5.56 Å². The highest BCUT2D eigenvalue weighted by molar-refractivity contribution is 5.64. The van der Waals surface area contributed by atoms with Crippen molar-refractivity contribution < 1.29 is 9.26 Å². The third kappa shape index (κ3) is 2.43. The molecule has 0 saturated carbocycles. The molecule has 0 fully saturated rings. The first-order valence-corrected chi connectivity index (χ1v) is 6.33. The van der Waals surface area contributed by atoms with Crippen LogP contribution in [0.3, 0.4) is 0 Å². The van der Waals surface area contributed by atoms with Crippen molar-refractivity contribution in [3.05, 3.63) is 52.9 Å². The van der Waals surface area contributed by atoms with E-state index in [-0.39, 0.29) is 5.56 Å². The maximum Gasteiger partial charge on any atom is 0.262 e. The van der Waals surface area contributed by atoms with Gasteiger partial charge in [-0.05, 0) is 18.2 Å². The minimum atomic E-state index is -0.0906. The van der Waals surface area contributed by atoms with E-state index in [9.17, 15) is 4.79 Å². The molecule has 0 spiro atoms. The van der Waals surface area contributed by atoms with Crippen molar-refractivity contribution >= 4 is 0 Å². The average Bonchev–Trinajstić information content (AvgIpc) is 2.99. The summed E-state index contributed by atoms with van der Waals surface area (Å²) in [5.41, 5.74) is 1.35. The Balaban J connectivity index is 2.03. The number of rotatable bonds is 3. The van der Waals surface area contributed by atoms with Gasteiger partial charge in [0.05, 0.1) is 12.7 Å². The van der Waals surface area contributed by atoms with E-state index in [4.69, 9.17) is 9.26 Å². The lowest BCUT2D eigenvalue weighted by Gasteiger charge is -2.02. The van der Waals surface area contributed by atoms with E-state index in [1.54, 1.807) is 26.4 Å². The smallest absolute Gasteiger partial charge is 0.262 e. The van der Waals surface area contributed by atoms with Gasteiger partial charge in [-0.2, -0.15) is 4.98 Å². The lowest BCUT2D eigenvalue weighted by Crippen LogP contribution is -2.14. The number of hydrogen-bond acceptors (Lipinski definition) is 5. The van der Waals surface area contributed by atoms with Crippen LogP contribution in [0.2, 0.25) is 0 Å². The van der Waals surface area contributed by atoms with Crippen LogP contribution in [0, 0.1) is 0 Å². The maximum absolute atomic E-state index is 11.4. The fraction of sp³-hybridized carbons (Fsp3) is 0.133. The van der Waals surface area contributed by atoms with Crippen molar-refractivity contribution in [3.63, 3.8) is 0 Å². The molecular weight excluding hydrogens is 270 g/mol. The zero-order chi connectivity index (χ0) is 14.8. The van der Waals surface area contributed by atoms with Crippen LogP contribution in [0.5, 0.6) is 5.75 Å². The lowest BCUT2D eigenvalue weighted by molar-refractivity contribution is 0.405. The van der Waals surface area contributed by atoms with E-state index in [2.05, 4.69) is 10.1 Å². The molecule has 6 nitrogen and oxygen atoms in total. The number of para-hydroxylation sites is 1.